The van der Waals surface area contributed by atoms with E-state index in [4.69, 9.17) is 4.42 Å². The zero-order valence-corrected chi connectivity index (χ0v) is 18.1. The van der Waals surface area contributed by atoms with Crippen LogP contribution >= 0.6 is 0 Å². The van der Waals surface area contributed by atoms with Gasteiger partial charge in [-0.15, -0.1) is 0 Å². The van der Waals surface area contributed by atoms with Crippen LogP contribution in [0, 0.1) is 11.3 Å². The summed E-state index contributed by atoms with van der Waals surface area (Å²) in [4.78, 5) is 4.49. The summed E-state index contributed by atoms with van der Waals surface area (Å²) >= 11 is 0. The van der Waals surface area contributed by atoms with Crippen LogP contribution in [0.1, 0.15) is 5.56 Å². The number of para-hydroxylation sites is 2. The molecular formula is C30H17N3O. The fourth-order valence-corrected chi connectivity index (χ4v) is 5.07. The third-order valence-corrected chi connectivity index (χ3v) is 6.48. The Labute approximate surface area is 194 Å². The molecule has 4 aromatic carbocycles. The largest absolute Gasteiger partial charge is 0.456 e. The van der Waals surface area contributed by atoms with Crippen molar-refractivity contribution in [2.45, 2.75) is 0 Å². The Morgan fingerprint density at radius 3 is 2.47 bits per heavy atom. The number of aromatic nitrogens is 2. The quantitative estimate of drug-likeness (QED) is 0.281. The average Bonchev–Trinajstić information content (AvgIpc) is 3.44. The van der Waals surface area contributed by atoms with Gasteiger partial charge in [-0.05, 0) is 48.5 Å². The molecule has 0 spiro atoms. The molecule has 3 aromatic heterocycles. The molecule has 0 fully saturated rings. The summed E-state index contributed by atoms with van der Waals surface area (Å²) in [6.45, 7) is 0. The molecule has 0 saturated heterocycles. The maximum absolute atomic E-state index is 9.58. The summed E-state index contributed by atoms with van der Waals surface area (Å²) in [5.74, 6) is 0. The fourth-order valence-electron chi connectivity index (χ4n) is 5.07. The summed E-state index contributed by atoms with van der Waals surface area (Å²) in [5, 5.41) is 14.2. The molecule has 4 heteroatoms. The second-order valence-corrected chi connectivity index (χ2v) is 8.35. The molecule has 0 aliphatic carbocycles. The van der Waals surface area contributed by atoms with Crippen LogP contribution in [0.3, 0.4) is 0 Å². The number of nitrogens with zero attached hydrogens (tertiary/aromatic N) is 3. The molecule has 0 atom stereocenters. The lowest BCUT2D eigenvalue weighted by atomic mass is 10.1. The highest BCUT2D eigenvalue weighted by molar-refractivity contribution is 6.27. The number of fused-ring (bicyclic) bond motifs is 7. The van der Waals surface area contributed by atoms with Crippen molar-refractivity contribution in [3.05, 3.63) is 109 Å². The average molecular weight is 435 g/mol. The molecule has 158 valence electrons. The van der Waals surface area contributed by atoms with Gasteiger partial charge in [0.15, 0.2) is 0 Å². The predicted octanol–water partition coefficient (Wildman–Crippen LogP) is 7.62. The summed E-state index contributed by atoms with van der Waals surface area (Å²) in [6.07, 6.45) is 1.73. The van der Waals surface area contributed by atoms with Crippen LogP contribution in [-0.4, -0.2) is 9.55 Å². The summed E-state index contributed by atoms with van der Waals surface area (Å²) in [6, 6.07) is 34.9. The third-order valence-electron chi connectivity index (χ3n) is 6.48. The van der Waals surface area contributed by atoms with E-state index in [1.54, 1.807) is 18.3 Å². The molecule has 0 bridgehead atoms. The lowest BCUT2D eigenvalue weighted by molar-refractivity contribution is 0.669. The van der Waals surface area contributed by atoms with Gasteiger partial charge in [0.25, 0.3) is 0 Å². The molecule has 4 nitrogen and oxygen atoms in total. The van der Waals surface area contributed by atoms with Gasteiger partial charge in [0.2, 0.25) is 0 Å². The van der Waals surface area contributed by atoms with Gasteiger partial charge in [0.1, 0.15) is 17.2 Å². The summed E-state index contributed by atoms with van der Waals surface area (Å²) in [7, 11) is 0. The third kappa shape index (κ3) is 2.55. The number of hydrogen-bond acceptors (Lipinski definition) is 3. The highest BCUT2D eigenvalue weighted by atomic mass is 16.3. The Balaban J connectivity index is 1.59. The first kappa shape index (κ1) is 18.7. The van der Waals surface area contributed by atoms with Crippen LogP contribution in [0.4, 0.5) is 0 Å². The van der Waals surface area contributed by atoms with Gasteiger partial charge in [-0.25, -0.2) is 0 Å². The van der Waals surface area contributed by atoms with E-state index in [0.29, 0.717) is 11.3 Å². The normalized spacial score (nSPS) is 11.5. The number of pyridine rings is 1. The molecule has 7 rings (SSSR count). The molecule has 7 aromatic rings. The standard InChI is InChI=1S/C30H17N3O/c31-18-20-8-6-16-32-30(20)19-7-5-9-21(17-19)33-24-12-3-1-10-22(24)28-25(33)14-15-27-29(28)23-11-2-4-13-26(23)34-27/h1-17H. The van der Waals surface area contributed by atoms with E-state index >= 15 is 0 Å². The number of nitriles is 1. The van der Waals surface area contributed by atoms with Crippen molar-refractivity contribution >= 4 is 43.7 Å². The molecular weight excluding hydrogens is 418 g/mol. The van der Waals surface area contributed by atoms with Gasteiger partial charge >= 0.3 is 0 Å². The van der Waals surface area contributed by atoms with Crippen LogP contribution in [-0.2, 0) is 0 Å². The van der Waals surface area contributed by atoms with Crippen molar-refractivity contribution < 1.29 is 4.42 Å². The smallest absolute Gasteiger partial charge is 0.136 e. The molecule has 0 unspecified atom stereocenters. The van der Waals surface area contributed by atoms with Gasteiger partial charge in [-0.3, -0.25) is 4.98 Å². The van der Waals surface area contributed by atoms with E-state index in [2.05, 4.69) is 76.3 Å². The van der Waals surface area contributed by atoms with Crippen LogP contribution in [0.5, 0.6) is 0 Å². The van der Waals surface area contributed by atoms with Crippen molar-refractivity contribution in [2.75, 3.05) is 0 Å². The summed E-state index contributed by atoms with van der Waals surface area (Å²) in [5.41, 5.74) is 7.19. The molecule has 0 radical (unpaired) electrons. The second kappa shape index (κ2) is 7.06. The lowest BCUT2D eigenvalue weighted by Crippen LogP contribution is -1.95. The highest BCUT2D eigenvalue weighted by Gasteiger charge is 2.18. The Morgan fingerprint density at radius 1 is 0.706 bits per heavy atom. The monoisotopic (exact) mass is 435 g/mol. The first-order valence-electron chi connectivity index (χ1n) is 11.1. The Hall–Kier alpha value is -4.88. The molecule has 0 saturated carbocycles. The van der Waals surface area contributed by atoms with Crippen LogP contribution in [0.15, 0.2) is 108 Å². The topological polar surface area (TPSA) is 54.8 Å². The predicted molar refractivity (Wildman–Crippen MR) is 136 cm³/mol. The zero-order valence-electron chi connectivity index (χ0n) is 18.1. The Bertz CT molecular complexity index is 1930. The minimum atomic E-state index is 0.563. The van der Waals surface area contributed by atoms with Crippen molar-refractivity contribution in [1.82, 2.24) is 9.55 Å². The maximum atomic E-state index is 9.58. The zero-order chi connectivity index (χ0) is 22.6. The second-order valence-electron chi connectivity index (χ2n) is 8.35. The minimum Gasteiger partial charge on any atom is -0.456 e. The molecule has 0 aliphatic rings. The molecule has 34 heavy (non-hydrogen) atoms. The first-order chi connectivity index (χ1) is 16.8. The van der Waals surface area contributed by atoms with Gasteiger partial charge in [-0.1, -0.05) is 48.5 Å². The van der Waals surface area contributed by atoms with E-state index in [9.17, 15) is 5.26 Å². The van der Waals surface area contributed by atoms with Gasteiger partial charge < -0.3 is 8.98 Å². The maximum Gasteiger partial charge on any atom is 0.136 e. The van der Waals surface area contributed by atoms with E-state index < -0.39 is 0 Å². The molecule has 0 aliphatic heterocycles. The van der Waals surface area contributed by atoms with E-state index in [0.717, 1.165) is 44.2 Å². The molecule has 3 heterocycles. The SMILES string of the molecule is N#Cc1cccnc1-c1cccc(-n2c3ccccc3c3c4c(ccc32)oc2ccccc24)c1. The van der Waals surface area contributed by atoms with E-state index in [1.807, 2.05) is 24.3 Å². The number of benzene rings is 4. The van der Waals surface area contributed by atoms with Gasteiger partial charge in [-0.2, -0.15) is 5.26 Å². The van der Waals surface area contributed by atoms with E-state index in [-0.39, 0.29) is 0 Å². The van der Waals surface area contributed by atoms with Gasteiger partial charge in [0.05, 0.1) is 22.3 Å². The van der Waals surface area contributed by atoms with Crippen molar-refractivity contribution in [3.8, 4) is 23.0 Å². The van der Waals surface area contributed by atoms with Crippen molar-refractivity contribution in [2.24, 2.45) is 0 Å². The van der Waals surface area contributed by atoms with Crippen LogP contribution in [0.25, 0.3) is 60.7 Å². The van der Waals surface area contributed by atoms with E-state index in [1.165, 1.54) is 10.8 Å². The highest BCUT2D eigenvalue weighted by Crippen LogP contribution is 2.41. The lowest BCUT2D eigenvalue weighted by Gasteiger charge is -2.10. The number of rotatable bonds is 2. The Kier molecular flexibility index (Phi) is 3.88. The van der Waals surface area contributed by atoms with Crippen LogP contribution in [0.2, 0.25) is 0 Å². The fraction of sp³-hybridized carbons (Fsp3) is 0. The summed E-state index contributed by atoms with van der Waals surface area (Å²) < 4.78 is 8.46. The van der Waals surface area contributed by atoms with Crippen LogP contribution < -0.4 is 0 Å². The number of hydrogen-bond donors (Lipinski definition) is 0. The van der Waals surface area contributed by atoms with Crippen molar-refractivity contribution in [3.63, 3.8) is 0 Å². The Morgan fingerprint density at radius 2 is 1.56 bits per heavy atom. The first-order valence-corrected chi connectivity index (χ1v) is 11.1. The van der Waals surface area contributed by atoms with Crippen molar-refractivity contribution in [1.29, 1.82) is 5.26 Å². The molecule has 0 amide bonds. The molecule has 0 N–H and O–H groups in total. The number of furan rings is 1. The minimum absolute atomic E-state index is 0.563. The van der Waals surface area contributed by atoms with Gasteiger partial charge in [0, 0.05) is 39.0 Å².